The largest absolute Gasteiger partial charge is 0.383 e. The van der Waals surface area contributed by atoms with Gasteiger partial charge in [-0.05, 0) is 13.3 Å². The number of carbonyl (C=O) groups is 1. The molecule has 0 aliphatic carbocycles. The maximum Gasteiger partial charge on any atom is 0.241 e. The Kier molecular flexibility index (Phi) is 21.9. The molecule has 144 valence electrons. The Balaban J connectivity index is 0. The summed E-state index contributed by atoms with van der Waals surface area (Å²) >= 11 is 0. The van der Waals surface area contributed by atoms with Crippen molar-refractivity contribution in [3.63, 3.8) is 0 Å². The van der Waals surface area contributed by atoms with E-state index in [0.29, 0.717) is 19.1 Å². The molecule has 0 unspecified atom stereocenters. The van der Waals surface area contributed by atoms with Gasteiger partial charge in [0, 0.05) is 26.7 Å². The SMILES string of the molecule is CCCCCCCCCNC(=NCC(=O)NCCOC)NCC.I. The topological polar surface area (TPSA) is 74.8 Å². The first-order valence-electron chi connectivity index (χ1n) is 9.02. The number of nitrogens with one attached hydrogen (secondary N) is 3. The Morgan fingerprint density at radius 2 is 1.58 bits per heavy atom. The van der Waals surface area contributed by atoms with E-state index in [9.17, 15) is 4.79 Å². The van der Waals surface area contributed by atoms with Crippen molar-refractivity contribution < 1.29 is 9.53 Å². The van der Waals surface area contributed by atoms with Gasteiger partial charge in [0.2, 0.25) is 5.91 Å². The molecule has 0 heterocycles. The summed E-state index contributed by atoms with van der Waals surface area (Å²) in [6, 6.07) is 0. The molecule has 0 aliphatic rings. The van der Waals surface area contributed by atoms with Crippen molar-refractivity contribution in [2.45, 2.75) is 58.8 Å². The molecule has 0 fully saturated rings. The van der Waals surface area contributed by atoms with Crippen LogP contribution in [0.5, 0.6) is 0 Å². The zero-order valence-corrected chi connectivity index (χ0v) is 18.0. The van der Waals surface area contributed by atoms with Crippen LogP contribution in [0.2, 0.25) is 0 Å². The van der Waals surface area contributed by atoms with E-state index in [0.717, 1.165) is 19.5 Å². The number of aliphatic imine (C=N–C) groups is 1. The van der Waals surface area contributed by atoms with Gasteiger partial charge in [0.25, 0.3) is 0 Å². The van der Waals surface area contributed by atoms with Crippen LogP contribution in [0.1, 0.15) is 58.8 Å². The molecule has 0 saturated carbocycles. The molecule has 7 heteroatoms. The predicted octanol–water partition coefficient (Wildman–Crippen LogP) is 2.67. The summed E-state index contributed by atoms with van der Waals surface area (Å²) in [7, 11) is 1.61. The molecule has 0 bridgehead atoms. The quantitative estimate of drug-likeness (QED) is 0.163. The van der Waals surface area contributed by atoms with E-state index in [1.807, 2.05) is 6.92 Å². The lowest BCUT2D eigenvalue weighted by Crippen LogP contribution is -2.39. The molecule has 24 heavy (non-hydrogen) atoms. The van der Waals surface area contributed by atoms with Crippen LogP contribution < -0.4 is 16.0 Å². The van der Waals surface area contributed by atoms with Gasteiger partial charge >= 0.3 is 0 Å². The molecule has 0 aromatic carbocycles. The first kappa shape index (κ1) is 25.7. The van der Waals surface area contributed by atoms with Gasteiger partial charge in [-0.3, -0.25) is 4.79 Å². The second-order valence-electron chi connectivity index (χ2n) is 5.59. The molecular formula is C17H37IN4O2. The van der Waals surface area contributed by atoms with E-state index in [2.05, 4.69) is 27.9 Å². The second kappa shape index (κ2) is 20.5. The number of ether oxygens (including phenoxy) is 1. The molecule has 1 amide bonds. The summed E-state index contributed by atoms with van der Waals surface area (Å²) in [5.41, 5.74) is 0. The number of hydrogen-bond acceptors (Lipinski definition) is 3. The lowest BCUT2D eigenvalue weighted by molar-refractivity contribution is -0.119. The average Bonchev–Trinajstić information content (AvgIpc) is 2.55. The van der Waals surface area contributed by atoms with Crippen molar-refractivity contribution in [2.24, 2.45) is 4.99 Å². The first-order valence-corrected chi connectivity index (χ1v) is 9.02. The fourth-order valence-electron chi connectivity index (χ4n) is 2.13. The molecule has 0 aliphatic heterocycles. The van der Waals surface area contributed by atoms with Crippen molar-refractivity contribution in [1.82, 2.24) is 16.0 Å². The third-order valence-electron chi connectivity index (χ3n) is 3.43. The Bertz CT molecular complexity index is 315. The van der Waals surface area contributed by atoms with Crippen LogP contribution in [0, 0.1) is 0 Å². The second-order valence-corrected chi connectivity index (χ2v) is 5.59. The van der Waals surface area contributed by atoms with Crippen LogP contribution in [-0.2, 0) is 9.53 Å². The zero-order valence-electron chi connectivity index (χ0n) is 15.7. The van der Waals surface area contributed by atoms with Gasteiger partial charge in [0.15, 0.2) is 5.96 Å². The summed E-state index contributed by atoms with van der Waals surface area (Å²) in [6.07, 6.45) is 9.02. The number of guanidine groups is 1. The fraction of sp³-hybridized carbons (Fsp3) is 0.882. The number of methoxy groups -OCH3 is 1. The highest BCUT2D eigenvalue weighted by Crippen LogP contribution is 2.06. The van der Waals surface area contributed by atoms with E-state index in [-0.39, 0.29) is 36.4 Å². The molecule has 0 spiro atoms. The molecule has 0 saturated heterocycles. The standard InChI is InChI=1S/C17H36N4O2.HI/c1-4-6-7-8-9-10-11-12-20-17(18-5-2)21-15-16(22)19-13-14-23-3;/h4-15H2,1-3H3,(H,19,22)(H2,18,20,21);1H. The van der Waals surface area contributed by atoms with Gasteiger partial charge in [0.1, 0.15) is 6.54 Å². The number of halogens is 1. The minimum Gasteiger partial charge on any atom is -0.383 e. The van der Waals surface area contributed by atoms with Gasteiger partial charge in [-0.25, -0.2) is 4.99 Å². The van der Waals surface area contributed by atoms with Crippen LogP contribution in [0.15, 0.2) is 4.99 Å². The van der Waals surface area contributed by atoms with E-state index >= 15 is 0 Å². The molecule has 0 aromatic rings. The normalized spacial score (nSPS) is 10.9. The third-order valence-corrected chi connectivity index (χ3v) is 3.43. The highest BCUT2D eigenvalue weighted by molar-refractivity contribution is 14.0. The third kappa shape index (κ3) is 17.8. The summed E-state index contributed by atoms with van der Waals surface area (Å²) in [4.78, 5) is 15.9. The van der Waals surface area contributed by atoms with E-state index in [1.54, 1.807) is 7.11 Å². The zero-order chi connectivity index (χ0) is 17.2. The molecule has 0 radical (unpaired) electrons. The van der Waals surface area contributed by atoms with E-state index in [4.69, 9.17) is 4.74 Å². The number of nitrogens with zero attached hydrogens (tertiary/aromatic N) is 1. The van der Waals surface area contributed by atoms with Gasteiger partial charge in [0.05, 0.1) is 6.61 Å². The number of hydrogen-bond donors (Lipinski definition) is 3. The smallest absolute Gasteiger partial charge is 0.241 e. The monoisotopic (exact) mass is 456 g/mol. The minimum atomic E-state index is -0.0878. The van der Waals surface area contributed by atoms with Gasteiger partial charge in [-0.15, -0.1) is 24.0 Å². The molecular weight excluding hydrogens is 419 g/mol. The molecule has 6 nitrogen and oxygen atoms in total. The highest BCUT2D eigenvalue weighted by atomic mass is 127. The van der Waals surface area contributed by atoms with Crippen molar-refractivity contribution in [1.29, 1.82) is 0 Å². The van der Waals surface area contributed by atoms with Gasteiger partial charge in [-0.1, -0.05) is 45.4 Å². The Hall–Kier alpha value is -0.570. The fourth-order valence-corrected chi connectivity index (χ4v) is 2.13. The van der Waals surface area contributed by atoms with Gasteiger partial charge in [-0.2, -0.15) is 0 Å². The maximum atomic E-state index is 11.6. The Morgan fingerprint density at radius 1 is 0.917 bits per heavy atom. The maximum absolute atomic E-state index is 11.6. The highest BCUT2D eigenvalue weighted by Gasteiger charge is 2.01. The summed E-state index contributed by atoms with van der Waals surface area (Å²) in [5.74, 6) is 0.621. The summed E-state index contributed by atoms with van der Waals surface area (Å²) < 4.78 is 4.89. The molecule has 0 atom stereocenters. The van der Waals surface area contributed by atoms with Crippen molar-refractivity contribution in [3.8, 4) is 0 Å². The Morgan fingerprint density at radius 3 is 2.21 bits per heavy atom. The van der Waals surface area contributed by atoms with E-state index in [1.165, 1.54) is 38.5 Å². The van der Waals surface area contributed by atoms with Gasteiger partial charge < -0.3 is 20.7 Å². The number of rotatable bonds is 14. The van der Waals surface area contributed by atoms with Crippen LogP contribution in [0.3, 0.4) is 0 Å². The van der Waals surface area contributed by atoms with E-state index < -0.39 is 0 Å². The predicted molar refractivity (Wildman–Crippen MR) is 112 cm³/mol. The Labute approximate surface area is 165 Å². The molecule has 0 aromatic heterocycles. The summed E-state index contributed by atoms with van der Waals surface area (Å²) in [5, 5.41) is 9.19. The van der Waals surface area contributed by atoms with Crippen LogP contribution >= 0.6 is 24.0 Å². The van der Waals surface area contributed by atoms with Crippen LogP contribution in [0.4, 0.5) is 0 Å². The van der Waals surface area contributed by atoms with Crippen molar-refractivity contribution >= 4 is 35.8 Å². The molecule has 3 N–H and O–H groups in total. The molecule has 0 rings (SSSR count). The van der Waals surface area contributed by atoms with Crippen molar-refractivity contribution in [2.75, 3.05) is 39.9 Å². The lowest BCUT2D eigenvalue weighted by atomic mass is 10.1. The van der Waals surface area contributed by atoms with Crippen LogP contribution in [-0.4, -0.2) is 51.8 Å². The minimum absolute atomic E-state index is 0. The van der Waals surface area contributed by atoms with Crippen molar-refractivity contribution in [3.05, 3.63) is 0 Å². The lowest BCUT2D eigenvalue weighted by Gasteiger charge is -2.11. The first-order chi connectivity index (χ1) is 11.2. The number of unbranched alkanes of at least 4 members (excludes halogenated alkanes) is 6. The summed E-state index contributed by atoms with van der Waals surface area (Å²) in [6.45, 7) is 7.11. The van der Waals surface area contributed by atoms with Crippen LogP contribution in [0.25, 0.3) is 0 Å². The number of amides is 1. The number of carbonyl (C=O) groups excluding carboxylic acids is 1. The average molecular weight is 456 g/mol.